The van der Waals surface area contributed by atoms with E-state index in [0.717, 1.165) is 25.7 Å². The number of carbonyl (C=O) groups is 2. The highest BCUT2D eigenvalue weighted by atomic mass is 35.5. The molecule has 0 N–H and O–H groups in total. The van der Waals surface area contributed by atoms with Gasteiger partial charge in [-0.15, -0.1) is 0 Å². The molecule has 0 saturated carbocycles. The van der Waals surface area contributed by atoms with E-state index in [-0.39, 0.29) is 17.3 Å². The van der Waals surface area contributed by atoms with Crippen molar-refractivity contribution < 1.29 is 14.3 Å². The monoisotopic (exact) mass is 691 g/mol. The lowest BCUT2D eigenvalue weighted by Gasteiger charge is -2.04. The van der Waals surface area contributed by atoms with Crippen molar-refractivity contribution in [3.63, 3.8) is 0 Å². The molecule has 0 bridgehead atoms. The Kier molecular flexibility index (Phi) is 46.5. The van der Waals surface area contributed by atoms with Crippen molar-refractivity contribution in [1.82, 2.24) is 0 Å². The van der Waals surface area contributed by atoms with Crippen molar-refractivity contribution in [1.29, 1.82) is 0 Å². The summed E-state index contributed by atoms with van der Waals surface area (Å²) in [5.74, 6) is -0.161. The Bertz CT molecular complexity index is 584. The Labute approximate surface area is 298 Å². The van der Waals surface area contributed by atoms with Gasteiger partial charge in [0.25, 0.3) is 0 Å². The molecule has 0 saturated heterocycles. The van der Waals surface area contributed by atoms with Gasteiger partial charge in [-0.25, -0.2) is 0 Å². The van der Waals surface area contributed by atoms with E-state index >= 15 is 0 Å². The molecule has 0 heterocycles. The SMILES string of the molecule is CCCCCCCCCCCCCCCCCCCC(=O)Cl.CCCCCCCCCCCCCCCCCCCC(=O)OCCl. The van der Waals surface area contributed by atoms with Gasteiger partial charge in [0.1, 0.15) is 0 Å². The summed E-state index contributed by atoms with van der Waals surface area (Å²) >= 11 is 10.6. The minimum atomic E-state index is -0.180. The minimum absolute atomic E-state index is 0.0161. The molecule has 0 spiro atoms. The second-order valence-electron chi connectivity index (χ2n) is 13.8. The van der Waals surface area contributed by atoms with Crippen LogP contribution in [-0.2, 0) is 14.3 Å². The van der Waals surface area contributed by atoms with E-state index < -0.39 is 0 Å². The smallest absolute Gasteiger partial charge is 0.306 e. The van der Waals surface area contributed by atoms with Crippen molar-refractivity contribution in [2.75, 3.05) is 6.07 Å². The third-order valence-corrected chi connectivity index (χ3v) is 9.47. The van der Waals surface area contributed by atoms with Crippen LogP contribution in [0.15, 0.2) is 0 Å². The fourth-order valence-electron chi connectivity index (χ4n) is 6.12. The number of unbranched alkanes of at least 4 members (excludes halogenated alkanes) is 32. The first-order valence-corrected chi connectivity index (χ1v) is 21.4. The molecule has 0 aliphatic rings. The van der Waals surface area contributed by atoms with Crippen molar-refractivity contribution in [2.45, 2.75) is 245 Å². The summed E-state index contributed by atoms with van der Waals surface area (Å²) in [6.07, 6.45) is 47.3. The summed E-state index contributed by atoms with van der Waals surface area (Å²) < 4.78 is 4.70. The van der Waals surface area contributed by atoms with Crippen molar-refractivity contribution >= 4 is 34.4 Å². The summed E-state index contributed by atoms with van der Waals surface area (Å²) in [6.45, 7) is 4.56. The van der Waals surface area contributed by atoms with Crippen molar-refractivity contribution in [3.05, 3.63) is 0 Å². The Morgan fingerprint density at radius 3 is 0.804 bits per heavy atom. The fraction of sp³-hybridized carbons (Fsp3) is 0.951. The van der Waals surface area contributed by atoms with E-state index in [0.29, 0.717) is 12.8 Å². The third-order valence-electron chi connectivity index (χ3n) is 9.18. The van der Waals surface area contributed by atoms with E-state index in [4.69, 9.17) is 27.9 Å². The first kappa shape index (κ1) is 47.8. The first-order chi connectivity index (χ1) is 22.6. The number of hydrogen-bond acceptors (Lipinski definition) is 3. The number of ether oxygens (including phenoxy) is 1. The van der Waals surface area contributed by atoms with Crippen LogP contribution in [0.1, 0.15) is 245 Å². The molecule has 0 rings (SSSR count). The molecule has 3 nitrogen and oxygen atoms in total. The van der Waals surface area contributed by atoms with E-state index in [1.165, 1.54) is 193 Å². The molecule has 0 aliphatic carbocycles. The molecule has 276 valence electrons. The summed E-state index contributed by atoms with van der Waals surface area (Å²) in [7, 11) is 0. The van der Waals surface area contributed by atoms with Crippen LogP contribution in [0.3, 0.4) is 0 Å². The normalized spacial score (nSPS) is 11.0. The third kappa shape index (κ3) is 48.1. The van der Waals surface area contributed by atoms with Gasteiger partial charge >= 0.3 is 5.97 Å². The van der Waals surface area contributed by atoms with Crippen LogP contribution in [0.2, 0.25) is 0 Å². The van der Waals surface area contributed by atoms with Gasteiger partial charge in [0.15, 0.2) is 6.07 Å². The van der Waals surface area contributed by atoms with E-state index in [2.05, 4.69) is 13.8 Å². The molecule has 0 radical (unpaired) electrons. The summed E-state index contributed by atoms with van der Waals surface area (Å²) in [4.78, 5) is 21.7. The van der Waals surface area contributed by atoms with Crippen LogP contribution >= 0.6 is 23.2 Å². The fourth-order valence-corrected chi connectivity index (χ4v) is 6.37. The molecule has 0 unspecified atom stereocenters. The average molecular weight is 692 g/mol. The molecule has 0 aromatic rings. The van der Waals surface area contributed by atoms with Crippen LogP contribution in [0, 0.1) is 0 Å². The summed E-state index contributed by atoms with van der Waals surface area (Å²) in [5, 5.41) is -0.180. The molecule has 0 fully saturated rings. The Morgan fingerprint density at radius 1 is 0.370 bits per heavy atom. The number of hydrogen-bond donors (Lipinski definition) is 0. The maximum Gasteiger partial charge on any atom is 0.306 e. The minimum Gasteiger partial charge on any atom is -0.449 e. The highest BCUT2D eigenvalue weighted by Crippen LogP contribution is 2.16. The predicted molar refractivity (Wildman–Crippen MR) is 205 cm³/mol. The molecule has 0 atom stereocenters. The average Bonchev–Trinajstić information content (AvgIpc) is 3.04. The van der Waals surface area contributed by atoms with Crippen molar-refractivity contribution in [2.24, 2.45) is 0 Å². The Balaban J connectivity index is 0. The van der Waals surface area contributed by atoms with E-state index in [9.17, 15) is 9.59 Å². The lowest BCUT2D eigenvalue weighted by Crippen LogP contribution is -2.01. The number of esters is 1. The van der Waals surface area contributed by atoms with Crippen LogP contribution in [-0.4, -0.2) is 17.3 Å². The number of rotatable bonds is 37. The molecule has 0 aliphatic heterocycles. The highest BCUT2D eigenvalue weighted by molar-refractivity contribution is 6.63. The zero-order valence-electron chi connectivity index (χ0n) is 31.1. The lowest BCUT2D eigenvalue weighted by atomic mass is 10.0. The van der Waals surface area contributed by atoms with Gasteiger partial charge in [-0.2, -0.15) is 0 Å². The van der Waals surface area contributed by atoms with Crippen LogP contribution in [0.4, 0.5) is 0 Å². The van der Waals surface area contributed by atoms with Crippen LogP contribution in [0.25, 0.3) is 0 Å². The largest absolute Gasteiger partial charge is 0.449 e. The highest BCUT2D eigenvalue weighted by Gasteiger charge is 2.01. The van der Waals surface area contributed by atoms with E-state index in [1.54, 1.807) is 0 Å². The molecule has 5 heteroatoms. The summed E-state index contributed by atoms with van der Waals surface area (Å²) in [6, 6.07) is -0.0161. The number of carbonyl (C=O) groups excluding carboxylic acids is 2. The standard InChI is InChI=1S/C21H41ClO2.C20H39ClO/c1-2-3-4-5-6-7-8-9-10-11-12-13-14-15-16-17-18-19-21(23)24-20-22;1-2-3-4-5-6-7-8-9-10-11-12-13-14-15-16-17-18-19-20(21)22/h2-20H2,1H3;2-19H2,1H3. The van der Waals surface area contributed by atoms with E-state index in [1.807, 2.05) is 0 Å². The Hall–Kier alpha value is -0.280. The molecule has 0 aromatic carbocycles. The lowest BCUT2D eigenvalue weighted by molar-refractivity contribution is -0.141. The number of alkyl halides is 1. The maximum absolute atomic E-state index is 11.1. The quantitative estimate of drug-likeness (QED) is 0.0282. The van der Waals surface area contributed by atoms with Crippen LogP contribution in [0.5, 0.6) is 0 Å². The molecule has 0 aromatic heterocycles. The first-order valence-electron chi connectivity index (χ1n) is 20.5. The van der Waals surface area contributed by atoms with Gasteiger partial charge in [0, 0.05) is 12.8 Å². The van der Waals surface area contributed by atoms with Gasteiger partial charge < -0.3 is 4.74 Å². The van der Waals surface area contributed by atoms with Crippen molar-refractivity contribution in [3.8, 4) is 0 Å². The van der Waals surface area contributed by atoms with Gasteiger partial charge in [-0.05, 0) is 24.4 Å². The molecule has 46 heavy (non-hydrogen) atoms. The van der Waals surface area contributed by atoms with Gasteiger partial charge in [-0.1, -0.05) is 231 Å². The number of halogens is 2. The molecular weight excluding hydrogens is 611 g/mol. The second kappa shape index (κ2) is 44.7. The van der Waals surface area contributed by atoms with Crippen LogP contribution < -0.4 is 0 Å². The van der Waals surface area contributed by atoms with Gasteiger partial charge in [0.05, 0.1) is 0 Å². The van der Waals surface area contributed by atoms with Gasteiger partial charge in [-0.3, -0.25) is 9.59 Å². The topological polar surface area (TPSA) is 43.4 Å². The maximum atomic E-state index is 11.1. The Morgan fingerprint density at radius 2 is 0.587 bits per heavy atom. The zero-order valence-corrected chi connectivity index (χ0v) is 32.7. The zero-order chi connectivity index (χ0) is 34.0. The molecular formula is C41H80Cl2O3. The second-order valence-corrected chi connectivity index (χ2v) is 14.4. The predicted octanol–water partition coefficient (Wildman–Crippen LogP) is 15.6. The van der Waals surface area contributed by atoms with Gasteiger partial charge in [0.2, 0.25) is 5.24 Å². The summed E-state index contributed by atoms with van der Waals surface area (Å²) in [5.41, 5.74) is 0. The molecule has 0 amide bonds.